The maximum absolute atomic E-state index is 12.7. The minimum atomic E-state index is -0.0743. The van der Waals surface area contributed by atoms with Gasteiger partial charge in [-0.1, -0.05) is 0 Å². The molecule has 126 valence electrons. The average Bonchev–Trinajstić information content (AvgIpc) is 3.24. The van der Waals surface area contributed by atoms with Gasteiger partial charge in [0.25, 0.3) is 5.91 Å². The van der Waals surface area contributed by atoms with Crippen LogP contribution in [0, 0.1) is 5.41 Å². The second-order valence-electron chi connectivity index (χ2n) is 6.51. The first-order valence-corrected chi connectivity index (χ1v) is 8.17. The first-order chi connectivity index (χ1) is 11.8. The largest absolute Gasteiger partial charge is 0.472 e. The molecule has 4 heterocycles. The van der Waals surface area contributed by atoms with Crippen LogP contribution >= 0.6 is 0 Å². The monoisotopic (exact) mass is 328 g/mol. The predicted octanol–water partition coefficient (Wildman–Crippen LogP) is 1.44. The zero-order valence-electron chi connectivity index (χ0n) is 13.4. The molecule has 1 atom stereocenters. The number of hydrogen-bond donors (Lipinski definition) is 0. The van der Waals surface area contributed by atoms with Crippen LogP contribution in [0.4, 0.5) is 5.95 Å². The Balaban J connectivity index is 1.51. The standard InChI is InChI=1S/C17H20N4O3/c22-15(14-2-8-23-10-14)20-7-9-24-13-17(11-20)3-6-21(12-17)16-18-4-1-5-19-16/h1-2,4-5,8,10H,3,6-7,9,11-13H2. The number of nitrogens with zero attached hydrogens (tertiary/aromatic N) is 4. The molecule has 1 amide bonds. The molecule has 2 saturated heterocycles. The highest BCUT2D eigenvalue weighted by Crippen LogP contribution is 2.35. The fourth-order valence-corrected chi connectivity index (χ4v) is 3.54. The minimum absolute atomic E-state index is 0.00281. The van der Waals surface area contributed by atoms with Crippen molar-refractivity contribution in [3.8, 4) is 0 Å². The van der Waals surface area contributed by atoms with Crippen molar-refractivity contribution in [2.24, 2.45) is 5.41 Å². The number of aromatic nitrogens is 2. The minimum Gasteiger partial charge on any atom is -0.472 e. The van der Waals surface area contributed by atoms with Crippen molar-refractivity contribution in [2.75, 3.05) is 44.3 Å². The van der Waals surface area contributed by atoms with Gasteiger partial charge in [0.2, 0.25) is 5.95 Å². The van der Waals surface area contributed by atoms with Crippen LogP contribution in [-0.2, 0) is 4.74 Å². The third-order valence-electron chi connectivity index (χ3n) is 4.77. The molecule has 1 unspecified atom stereocenters. The zero-order chi connectivity index (χ0) is 16.4. The molecule has 2 fully saturated rings. The second-order valence-corrected chi connectivity index (χ2v) is 6.51. The molecule has 24 heavy (non-hydrogen) atoms. The van der Waals surface area contributed by atoms with Gasteiger partial charge >= 0.3 is 0 Å². The van der Waals surface area contributed by atoms with Gasteiger partial charge in [-0.25, -0.2) is 9.97 Å². The van der Waals surface area contributed by atoms with E-state index in [1.807, 2.05) is 11.0 Å². The summed E-state index contributed by atoms with van der Waals surface area (Å²) in [6.07, 6.45) is 7.50. The van der Waals surface area contributed by atoms with Crippen molar-refractivity contribution in [2.45, 2.75) is 6.42 Å². The molecule has 7 nitrogen and oxygen atoms in total. The lowest BCUT2D eigenvalue weighted by Crippen LogP contribution is -2.43. The molecule has 0 radical (unpaired) electrons. The Labute approximate surface area is 140 Å². The van der Waals surface area contributed by atoms with E-state index in [0.29, 0.717) is 31.9 Å². The predicted molar refractivity (Wildman–Crippen MR) is 86.7 cm³/mol. The van der Waals surface area contributed by atoms with Gasteiger partial charge in [-0.2, -0.15) is 0 Å². The Hall–Kier alpha value is -2.41. The zero-order valence-corrected chi connectivity index (χ0v) is 13.4. The van der Waals surface area contributed by atoms with Crippen LogP contribution in [0.1, 0.15) is 16.8 Å². The fraction of sp³-hybridized carbons (Fsp3) is 0.471. The first kappa shape index (κ1) is 15.1. The lowest BCUT2D eigenvalue weighted by atomic mass is 9.87. The number of ether oxygens (including phenoxy) is 1. The smallest absolute Gasteiger partial charge is 0.257 e. The van der Waals surface area contributed by atoms with E-state index < -0.39 is 0 Å². The van der Waals surface area contributed by atoms with Crippen molar-refractivity contribution in [1.29, 1.82) is 0 Å². The van der Waals surface area contributed by atoms with E-state index in [1.54, 1.807) is 18.5 Å². The van der Waals surface area contributed by atoms with Crippen LogP contribution in [0.25, 0.3) is 0 Å². The van der Waals surface area contributed by atoms with E-state index in [0.717, 1.165) is 25.5 Å². The number of hydrogen-bond acceptors (Lipinski definition) is 6. The van der Waals surface area contributed by atoms with Gasteiger partial charge in [0.05, 0.1) is 25.0 Å². The molecule has 4 rings (SSSR count). The van der Waals surface area contributed by atoms with Gasteiger partial charge in [0.15, 0.2) is 0 Å². The van der Waals surface area contributed by atoms with Gasteiger partial charge in [-0.3, -0.25) is 4.79 Å². The molecule has 2 aromatic heterocycles. The van der Waals surface area contributed by atoms with Crippen molar-refractivity contribution >= 4 is 11.9 Å². The van der Waals surface area contributed by atoms with Gasteiger partial charge < -0.3 is 19.0 Å². The number of rotatable bonds is 2. The SMILES string of the molecule is O=C(c1ccoc1)N1CCOCC2(CCN(c3ncccn3)C2)C1. The van der Waals surface area contributed by atoms with Crippen LogP contribution < -0.4 is 4.90 Å². The van der Waals surface area contributed by atoms with E-state index >= 15 is 0 Å². The normalized spacial score (nSPS) is 24.3. The molecular formula is C17H20N4O3. The van der Waals surface area contributed by atoms with Crippen LogP contribution in [0.15, 0.2) is 41.5 Å². The Kier molecular flexibility index (Phi) is 3.93. The van der Waals surface area contributed by atoms with Gasteiger partial charge in [0, 0.05) is 44.0 Å². The summed E-state index contributed by atoms with van der Waals surface area (Å²) in [5, 5.41) is 0. The summed E-state index contributed by atoms with van der Waals surface area (Å²) in [7, 11) is 0. The summed E-state index contributed by atoms with van der Waals surface area (Å²) in [5.41, 5.74) is 0.517. The number of carbonyl (C=O) groups is 1. The lowest BCUT2D eigenvalue weighted by molar-refractivity contribution is 0.0690. The molecular weight excluding hydrogens is 308 g/mol. The quantitative estimate of drug-likeness (QED) is 0.831. The van der Waals surface area contributed by atoms with Crippen molar-refractivity contribution in [1.82, 2.24) is 14.9 Å². The molecule has 2 aliphatic heterocycles. The maximum atomic E-state index is 12.7. The van der Waals surface area contributed by atoms with Gasteiger partial charge in [-0.15, -0.1) is 0 Å². The molecule has 0 aromatic carbocycles. The average molecular weight is 328 g/mol. The lowest BCUT2D eigenvalue weighted by Gasteiger charge is -2.31. The molecule has 0 aliphatic carbocycles. The fourth-order valence-electron chi connectivity index (χ4n) is 3.54. The Morgan fingerprint density at radius 1 is 1.21 bits per heavy atom. The van der Waals surface area contributed by atoms with Crippen molar-refractivity contribution < 1.29 is 13.9 Å². The van der Waals surface area contributed by atoms with Gasteiger partial charge in [0.1, 0.15) is 6.26 Å². The topological polar surface area (TPSA) is 71.7 Å². The molecule has 0 bridgehead atoms. The summed E-state index contributed by atoms with van der Waals surface area (Å²) < 4.78 is 10.9. The third-order valence-corrected chi connectivity index (χ3v) is 4.77. The van der Waals surface area contributed by atoms with E-state index in [-0.39, 0.29) is 11.3 Å². The highest BCUT2D eigenvalue weighted by molar-refractivity contribution is 5.93. The maximum Gasteiger partial charge on any atom is 0.257 e. The summed E-state index contributed by atoms with van der Waals surface area (Å²) >= 11 is 0. The molecule has 2 aromatic rings. The highest BCUT2D eigenvalue weighted by Gasteiger charge is 2.43. The summed E-state index contributed by atoms with van der Waals surface area (Å²) in [5.74, 6) is 0.745. The van der Waals surface area contributed by atoms with Gasteiger partial charge in [-0.05, 0) is 18.6 Å². The Morgan fingerprint density at radius 3 is 2.88 bits per heavy atom. The second kappa shape index (κ2) is 6.24. The first-order valence-electron chi connectivity index (χ1n) is 8.17. The van der Waals surface area contributed by atoms with Crippen LogP contribution in [-0.4, -0.2) is 60.2 Å². The van der Waals surface area contributed by atoms with Crippen molar-refractivity contribution in [3.63, 3.8) is 0 Å². The molecule has 0 N–H and O–H groups in total. The van der Waals surface area contributed by atoms with E-state index in [2.05, 4.69) is 14.9 Å². The summed E-state index contributed by atoms with van der Waals surface area (Å²) in [4.78, 5) is 25.4. The number of amides is 1. The summed E-state index contributed by atoms with van der Waals surface area (Å²) in [6, 6.07) is 3.52. The highest BCUT2D eigenvalue weighted by atomic mass is 16.5. The summed E-state index contributed by atoms with van der Waals surface area (Å²) in [6.45, 7) is 4.18. The molecule has 7 heteroatoms. The van der Waals surface area contributed by atoms with Crippen LogP contribution in [0.3, 0.4) is 0 Å². The van der Waals surface area contributed by atoms with E-state index in [9.17, 15) is 4.79 Å². The number of anilines is 1. The third kappa shape index (κ3) is 2.87. The molecule has 0 saturated carbocycles. The molecule has 2 aliphatic rings. The molecule has 1 spiro atoms. The van der Waals surface area contributed by atoms with E-state index in [4.69, 9.17) is 9.15 Å². The van der Waals surface area contributed by atoms with Crippen LogP contribution in [0.2, 0.25) is 0 Å². The Bertz CT molecular complexity index is 691. The number of furan rings is 1. The van der Waals surface area contributed by atoms with Crippen molar-refractivity contribution in [3.05, 3.63) is 42.6 Å². The Morgan fingerprint density at radius 2 is 2.08 bits per heavy atom. The van der Waals surface area contributed by atoms with Crippen LogP contribution in [0.5, 0.6) is 0 Å². The van der Waals surface area contributed by atoms with E-state index in [1.165, 1.54) is 12.5 Å². The number of carbonyl (C=O) groups excluding carboxylic acids is 1.